The van der Waals surface area contributed by atoms with Gasteiger partial charge < -0.3 is 9.64 Å². The number of ether oxygens (including phenoxy) is 1. The molecular formula is C19H18N4O4. The lowest BCUT2D eigenvalue weighted by Crippen LogP contribution is -2.26. The number of nitrogens with zero attached hydrogens (tertiary/aromatic N) is 4. The Balaban J connectivity index is 1.73. The highest BCUT2D eigenvalue weighted by molar-refractivity contribution is 5.92. The van der Waals surface area contributed by atoms with E-state index in [9.17, 15) is 14.9 Å². The maximum atomic E-state index is 12.6. The Labute approximate surface area is 155 Å². The lowest BCUT2D eigenvalue weighted by Gasteiger charge is -2.16. The molecule has 138 valence electrons. The first kappa shape index (κ1) is 18.1. The van der Waals surface area contributed by atoms with E-state index in [2.05, 4.69) is 5.10 Å². The molecule has 2 aromatic carbocycles. The van der Waals surface area contributed by atoms with Gasteiger partial charge in [0, 0.05) is 31.9 Å². The molecule has 27 heavy (non-hydrogen) atoms. The molecule has 0 N–H and O–H groups in total. The fourth-order valence-corrected chi connectivity index (χ4v) is 2.60. The van der Waals surface area contributed by atoms with Crippen LogP contribution in [0.25, 0.3) is 5.69 Å². The zero-order valence-electron chi connectivity index (χ0n) is 14.9. The van der Waals surface area contributed by atoms with Crippen LogP contribution in [-0.2, 0) is 6.54 Å². The maximum absolute atomic E-state index is 12.6. The Bertz CT molecular complexity index is 966. The topological polar surface area (TPSA) is 90.5 Å². The first-order chi connectivity index (χ1) is 13.0. The van der Waals surface area contributed by atoms with Gasteiger partial charge in [0.15, 0.2) is 5.69 Å². The number of aromatic nitrogens is 2. The third-order valence-corrected chi connectivity index (χ3v) is 4.04. The molecule has 0 aliphatic rings. The van der Waals surface area contributed by atoms with Gasteiger partial charge in [0.2, 0.25) is 0 Å². The minimum atomic E-state index is -0.471. The first-order valence-corrected chi connectivity index (χ1v) is 8.17. The average Bonchev–Trinajstić information content (AvgIpc) is 3.18. The highest BCUT2D eigenvalue weighted by Gasteiger charge is 2.16. The van der Waals surface area contributed by atoms with Crippen LogP contribution < -0.4 is 4.74 Å². The molecule has 1 aromatic heterocycles. The molecule has 0 fully saturated rings. The van der Waals surface area contributed by atoms with Gasteiger partial charge >= 0.3 is 0 Å². The van der Waals surface area contributed by atoms with Crippen molar-refractivity contribution in [3.8, 4) is 11.4 Å². The number of non-ortho nitro benzene ring substituents is 1. The molecular weight excluding hydrogens is 348 g/mol. The Hall–Kier alpha value is -3.68. The molecule has 1 heterocycles. The van der Waals surface area contributed by atoms with Gasteiger partial charge in [0.1, 0.15) is 5.75 Å². The molecule has 0 atom stereocenters. The van der Waals surface area contributed by atoms with Gasteiger partial charge in [-0.1, -0.05) is 18.2 Å². The van der Waals surface area contributed by atoms with Gasteiger partial charge in [-0.15, -0.1) is 0 Å². The molecule has 0 bridgehead atoms. The van der Waals surface area contributed by atoms with Crippen LogP contribution >= 0.6 is 0 Å². The predicted octanol–water partition coefficient (Wildman–Crippen LogP) is 3.06. The summed E-state index contributed by atoms with van der Waals surface area (Å²) in [6, 6.07) is 15.1. The lowest BCUT2D eigenvalue weighted by atomic mass is 10.2. The van der Waals surface area contributed by atoms with E-state index < -0.39 is 4.92 Å². The number of benzene rings is 2. The van der Waals surface area contributed by atoms with Crippen LogP contribution in [0.3, 0.4) is 0 Å². The Morgan fingerprint density at radius 3 is 2.63 bits per heavy atom. The highest BCUT2D eigenvalue weighted by Crippen LogP contribution is 2.17. The summed E-state index contributed by atoms with van der Waals surface area (Å²) >= 11 is 0. The van der Waals surface area contributed by atoms with Crippen molar-refractivity contribution in [3.05, 3.63) is 82.2 Å². The zero-order valence-corrected chi connectivity index (χ0v) is 14.9. The Morgan fingerprint density at radius 2 is 1.96 bits per heavy atom. The summed E-state index contributed by atoms with van der Waals surface area (Å²) in [5.74, 6) is 0.512. The fourth-order valence-electron chi connectivity index (χ4n) is 2.60. The molecule has 3 rings (SSSR count). The molecule has 0 unspecified atom stereocenters. The molecule has 0 saturated heterocycles. The zero-order chi connectivity index (χ0) is 19.4. The molecule has 8 heteroatoms. The van der Waals surface area contributed by atoms with Gasteiger partial charge in [-0.25, -0.2) is 4.68 Å². The third-order valence-electron chi connectivity index (χ3n) is 4.04. The van der Waals surface area contributed by atoms with Crippen molar-refractivity contribution in [2.75, 3.05) is 14.2 Å². The summed E-state index contributed by atoms with van der Waals surface area (Å²) in [5.41, 5.74) is 1.70. The van der Waals surface area contributed by atoms with Crippen LogP contribution in [0.4, 0.5) is 5.69 Å². The summed E-state index contributed by atoms with van der Waals surface area (Å²) in [5, 5.41) is 15.2. The van der Waals surface area contributed by atoms with Crippen molar-refractivity contribution < 1.29 is 14.5 Å². The monoisotopic (exact) mass is 366 g/mol. The van der Waals surface area contributed by atoms with E-state index in [4.69, 9.17) is 4.74 Å². The van der Waals surface area contributed by atoms with E-state index in [1.807, 2.05) is 24.3 Å². The Morgan fingerprint density at radius 1 is 1.22 bits per heavy atom. The van der Waals surface area contributed by atoms with Crippen molar-refractivity contribution in [1.82, 2.24) is 14.7 Å². The predicted molar refractivity (Wildman–Crippen MR) is 99.0 cm³/mol. The number of hydrogen-bond donors (Lipinski definition) is 0. The lowest BCUT2D eigenvalue weighted by molar-refractivity contribution is -0.384. The van der Waals surface area contributed by atoms with E-state index in [0.29, 0.717) is 12.2 Å². The number of hydrogen-bond acceptors (Lipinski definition) is 5. The number of carbonyl (C=O) groups is 1. The first-order valence-electron chi connectivity index (χ1n) is 8.17. The number of rotatable bonds is 6. The number of nitro benzene ring substituents is 1. The Kier molecular flexibility index (Phi) is 5.16. The van der Waals surface area contributed by atoms with Gasteiger partial charge in [0.05, 0.1) is 17.7 Å². The summed E-state index contributed by atoms with van der Waals surface area (Å²) < 4.78 is 6.57. The molecule has 1 amide bonds. The standard InChI is InChI=1S/C19H18N4O4/c1-21(13-14-6-8-17(27-2)9-7-14)19(24)18-10-11-22(20-18)15-4-3-5-16(12-15)23(25)26/h3-12H,13H2,1-2H3. The van der Waals surface area contributed by atoms with E-state index >= 15 is 0 Å². The quantitative estimate of drug-likeness (QED) is 0.494. The summed E-state index contributed by atoms with van der Waals surface area (Å²) in [7, 11) is 3.29. The molecule has 0 radical (unpaired) electrons. The largest absolute Gasteiger partial charge is 0.497 e. The number of amides is 1. The maximum Gasteiger partial charge on any atom is 0.274 e. The normalized spacial score (nSPS) is 10.4. The molecule has 0 saturated carbocycles. The average molecular weight is 366 g/mol. The third kappa shape index (κ3) is 4.12. The minimum Gasteiger partial charge on any atom is -0.497 e. The summed E-state index contributed by atoms with van der Waals surface area (Å²) in [6.07, 6.45) is 1.60. The molecule has 8 nitrogen and oxygen atoms in total. The molecule has 0 aliphatic heterocycles. The second-order valence-corrected chi connectivity index (χ2v) is 5.93. The van der Waals surface area contributed by atoms with Crippen LogP contribution in [0.2, 0.25) is 0 Å². The van der Waals surface area contributed by atoms with Crippen molar-refractivity contribution in [1.29, 1.82) is 0 Å². The van der Waals surface area contributed by atoms with Crippen molar-refractivity contribution in [2.45, 2.75) is 6.54 Å². The van der Waals surface area contributed by atoms with E-state index in [0.717, 1.165) is 11.3 Å². The SMILES string of the molecule is COc1ccc(CN(C)C(=O)c2ccn(-c3cccc([N+](=O)[O-])c3)n2)cc1. The highest BCUT2D eigenvalue weighted by atomic mass is 16.6. The van der Waals surface area contributed by atoms with E-state index in [1.54, 1.807) is 43.5 Å². The van der Waals surface area contributed by atoms with Crippen LogP contribution in [0.15, 0.2) is 60.8 Å². The number of methoxy groups -OCH3 is 1. The van der Waals surface area contributed by atoms with Crippen molar-refractivity contribution in [3.63, 3.8) is 0 Å². The smallest absolute Gasteiger partial charge is 0.274 e. The second kappa shape index (κ2) is 7.69. The summed E-state index contributed by atoms with van der Waals surface area (Å²) in [6.45, 7) is 0.423. The van der Waals surface area contributed by atoms with Crippen LogP contribution in [0.5, 0.6) is 5.75 Å². The van der Waals surface area contributed by atoms with E-state index in [-0.39, 0.29) is 17.3 Å². The van der Waals surface area contributed by atoms with E-state index in [1.165, 1.54) is 16.8 Å². The molecule has 0 aliphatic carbocycles. The van der Waals surface area contributed by atoms with Crippen LogP contribution in [-0.4, -0.2) is 39.7 Å². The number of nitro groups is 1. The fraction of sp³-hybridized carbons (Fsp3) is 0.158. The molecule has 0 spiro atoms. The van der Waals surface area contributed by atoms with Gasteiger partial charge in [0.25, 0.3) is 11.6 Å². The van der Waals surface area contributed by atoms with Crippen LogP contribution in [0, 0.1) is 10.1 Å². The van der Waals surface area contributed by atoms with Crippen molar-refractivity contribution >= 4 is 11.6 Å². The number of carbonyl (C=O) groups excluding carboxylic acids is 1. The second-order valence-electron chi connectivity index (χ2n) is 5.93. The van der Waals surface area contributed by atoms with Crippen molar-refractivity contribution in [2.24, 2.45) is 0 Å². The van der Waals surface area contributed by atoms with Crippen LogP contribution in [0.1, 0.15) is 16.1 Å². The van der Waals surface area contributed by atoms with Gasteiger partial charge in [-0.05, 0) is 29.8 Å². The van der Waals surface area contributed by atoms with Gasteiger partial charge in [-0.2, -0.15) is 5.10 Å². The minimum absolute atomic E-state index is 0.0347. The van der Waals surface area contributed by atoms with Gasteiger partial charge in [-0.3, -0.25) is 14.9 Å². The molecule has 3 aromatic rings. The summed E-state index contributed by atoms with van der Waals surface area (Å²) in [4.78, 5) is 24.6.